The quantitative estimate of drug-likeness (QED) is 0.897. The second kappa shape index (κ2) is 5.33. The number of aliphatic hydroxyl groups excluding tert-OH is 1. The lowest BCUT2D eigenvalue weighted by Crippen LogP contribution is -2.08. The van der Waals surface area contributed by atoms with Gasteiger partial charge in [-0.05, 0) is 23.6 Å². The van der Waals surface area contributed by atoms with Crippen LogP contribution in [0, 0.1) is 6.92 Å². The maximum Gasteiger partial charge on any atom is 0.121 e. The summed E-state index contributed by atoms with van der Waals surface area (Å²) < 4.78 is 6.77. The van der Waals surface area contributed by atoms with Crippen LogP contribution in [0.15, 0.2) is 30.5 Å². The van der Waals surface area contributed by atoms with Crippen LogP contribution < -0.4 is 0 Å². The normalized spacial score (nSPS) is 12.7. The van der Waals surface area contributed by atoms with Crippen molar-refractivity contribution in [1.29, 1.82) is 0 Å². The fraction of sp³-hybridized carbons (Fsp3) is 0.357. The number of aliphatic hydroxyl groups is 1. The molecule has 0 saturated heterocycles. The Balaban J connectivity index is 2.26. The average Bonchev–Trinajstić information content (AvgIpc) is 2.70. The summed E-state index contributed by atoms with van der Waals surface area (Å²) in [5.41, 5.74) is 3.78. The topological polar surface area (TPSA) is 47.3 Å². The summed E-state index contributed by atoms with van der Waals surface area (Å²) in [6.07, 6.45) is 1.12. The lowest BCUT2D eigenvalue weighted by molar-refractivity contribution is 0.184. The van der Waals surface area contributed by atoms with Crippen molar-refractivity contribution in [3.63, 3.8) is 0 Å². The molecule has 1 atom stereocenters. The van der Waals surface area contributed by atoms with Crippen LogP contribution >= 0.6 is 0 Å². The van der Waals surface area contributed by atoms with Gasteiger partial charge in [0.05, 0.1) is 18.5 Å². The maximum atomic E-state index is 10.4. The molecule has 18 heavy (non-hydrogen) atoms. The van der Waals surface area contributed by atoms with Gasteiger partial charge in [0.25, 0.3) is 0 Å². The zero-order chi connectivity index (χ0) is 13.1. The Labute approximate surface area is 107 Å². The van der Waals surface area contributed by atoms with Gasteiger partial charge in [-0.1, -0.05) is 24.3 Å². The molecular formula is C14H18N2O2. The van der Waals surface area contributed by atoms with E-state index in [1.807, 2.05) is 38.2 Å². The number of aryl methyl sites for hydroxylation is 2. The van der Waals surface area contributed by atoms with Gasteiger partial charge in [0, 0.05) is 14.2 Å². The molecule has 0 saturated carbocycles. The van der Waals surface area contributed by atoms with E-state index >= 15 is 0 Å². The van der Waals surface area contributed by atoms with Crippen LogP contribution in [0.2, 0.25) is 0 Å². The van der Waals surface area contributed by atoms with E-state index < -0.39 is 6.10 Å². The lowest BCUT2D eigenvalue weighted by Gasteiger charge is -2.13. The highest BCUT2D eigenvalue weighted by molar-refractivity contribution is 5.31. The van der Waals surface area contributed by atoms with Crippen molar-refractivity contribution in [2.75, 3.05) is 7.11 Å². The molecule has 4 heteroatoms. The summed E-state index contributed by atoms with van der Waals surface area (Å²) in [4.78, 5) is 0. The van der Waals surface area contributed by atoms with Crippen LogP contribution in [-0.4, -0.2) is 22.0 Å². The van der Waals surface area contributed by atoms with Crippen molar-refractivity contribution in [2.24, 2.45) is 7.05 Å². The third-order valence-electron chi connectivity index (χ3n) is 3.04. The zero-order valence-corrected chi connectivity index (χ0v) is 10.9. The first kappa shape index (κ1) is 12.8. The molecule has 0 aliphatic rings. The van der Waals surface area contributed by atoms with Crippen LogP contribution in [0.4, 0.5) is 0 Å². The molecule has 1 N–H and O–H groups in total. The highest BCUT2D eigenvalue weighted by Gasteiger charge is 2.16. The number of benzene rings is 1. The van der Waals surface area contributed by atoms with Crippen LogP contribution in [-0.2, 0) is 18.4 Å². The van der Waals surface area contributed by atoms with E-state index in [9.17, 15) is 5.11 Å². The van der Waals surface area contributed by atoms with E-state index in [4.69, 9.17) is 4.74 Å². The van der Waals surface area contributed by atoms with E-state index in [0.29, 0.717) is 6.61 Å². The van der Waals surface area contributed by atoms with Crippen LogP contribution in [0.1, 0.15) is 28.5 Å². The number of nitrogens with zero attached hydrogens (tertiary/aromatic N) is 2. The van der Waals surface area contributed by atoms with Crippen molar-refractivity contribution in [1.82, 2.24) is 9.78 Å². The predicted molar refractivity (Wildman–Crippen MR) is 69.2 cm³/mol. The maximum absolute atomic E-state index is 10.4. The van der Waals surface area contributed by atoms with Gasteiger partial charge in [0.2, 0.25) is 0 Å². The Morgan fingerprint density at radius 1 is 1.33 bits per heavy atom. The van der Waals surface area contributed by atoms with Gasteiger partial charge in [-0.25, -0.2) is 0 Å². The summed E-state index contributed by atoms with van der Waals surface area (Å²) in [6.45, 7) is 2.53. The number of ether oxygens (including phenoxy) is 1. The number of hydrogen-bond donors (Lipinski definition) is 1. The van der Waals surface area contributed by atoms with Gasteiger partial charge in [0.15, 0.2) is 0 Å². The standard InChI is InChI=1S/C14H18N2O2/c1-10-8-15-16(2)13(10)14(17)12-6-4-11(5-7-12)9-18-3/h4-8,14,17H,9H2,1-3H3. The van der Waals surface area contributed by atoms with Crippen molar-refractivity contribution < 1.29 is 9.84 Å². The van der Waals surface area contributed by atoms with E-state index in [-0.39, 0.29) is 0 Å². The van der Waals surface area contributed by atoms with Gasteiger partial charge in [-0.2, -0.15) is 5.10 Å². The van der Waals surface area contributed by atoms with Gasteiger partial charge in [-0.15, -0.1) is 0 Å². The fourth-order valence-electron chi connectivity index (χ4n) is 2.07. The lowest BCUT2D eigenvalue weighted by atomic mass is 10.0. The first-order valence-corrected chi connectivity index (χ1v) is 5.88. The molecule has 1 unspecified atom stereocenters. The third-order valence-corrected chi connectivity index (χ3v) is 3.04. The monoisotopic (exact) mass is 246 g/mol. The van der Waals surface area contributed by atoms with Crippen molar-refractivity contribution >= 4 is 0 Å². The minimum atomic E-state index is -0.644. The predicted octanol–water partition coefficient (Wildman–Crippen LogP) is 1.96. The van der Waals surface area contributed by atoms with E-state index in [0.717, 1.165) is 22.4 Å². The molecule has 1 heterocycles. The average molecular weight is 246 g/mol. The Morgan fingerprint density at radius 2 is 2.00 bits per heavy atom. The molecule has 1 aromatic carbocycles. The van der Waals surface area contributed by atoms with E-state index in [2.05, 4.69) is 5.10 Å². The molecular weight excluding hydrogens is 228 g/mol. The molecule has 2 rings (SSSR count). The second-order valence-corrected chi connectivity index (χ2v) is 4.41. The minimum Gasteiger partial charge on any atom is -0.382 e. The molecule has 2 aromatic rings. The van der Waals surface area contributed by atoms with Crippen LogP contribution in [0.25, 0.3) is 0 Å². The Kier molecular flexibility index (Phi) is 3.79. The summed E-state index contributed by atoms with van der Waals surface area (Å²) >= 11 is 0. The molecule has 0 amide bonds. The number of methoxy groups -OCH3 is 1. The molecule has 4 nitrogen and oxygen atoms in total. The molecule has 0 aliphatic carbocycles. The smallest absolute Gasteiger partial charge is 0.121 e. The van der Waals surface area contributed by atoms with Crippen molar-refractivity contribution in [3.05, 3.63) is 52.8 Å². The number of aromatic nitrogens is 2. The molecule has 0 spiro atoms. The van der Waals surface area contributed by atoms with Crippen LogP contribution in [0.3, 0.4) is 0 Å². The largest absolute Gasteiger partial charge is 0.382 e. The summed E-state index contributed by atoms with van der Waals surface area (Å²) in [5.74, 6) is 0. The van der Waals surface area contributed by atoms with Gasteiger partial charge >= 0.3 is 0 Å². The van der Waals surface area contributed by atoms with Gasteiger partial charge in [0.1, 0.15) is 6.10 Å². The number of rotatable bonds is 4. The Bertz CT molecular complexity index is 498. The highest BCUT2D eigenvalue weighted by atomic mass is 16.5. The van der Waals surface area contributed by atoms with Crippen molar-refractivity contribution in [3.8, 4) is 0 Å². The second-order valence-electron chi connectivity index (χ2n) is 4.41. The van der Waals surface area contributed by atoms with E-state index in [1.165, 1.54) is 0 Å². The molecule has 0 radical (unpaired) electrons. The number of hydrogen-bond acceptors (Lipinski definition) is 3. The first-order valence-electron chi connectivity index (χ1n) is 5.88. The minimum absolute atomic E-state index is 0.584. The molecule has 1 aromatic heterocycles. The summed E-state index contributed by atoms with van der Waals surface area (Å²) in [7, 11) is 3.51. The fourth-order valence-corrected chi connectivity index (χ4v) is 2.07. The van der Waals surface area contributed by atoms with E-state index in [1.54, 1.807) is 18.0 Å². The molecule has 0 aliphatic heterocycles. The summed E-state index contributed by atoms with van der Waals surface area (Å²) in [5, 5.41) is 14.5. The third kappa shape index (κ3) is 2.44. The van der Waals surface area contributed by atoms with Crippen molar-refractivity contribution in [2.45, 2.75) is 19.6 Å². The Hall–Kier alpha value is -1.65. The Morgan fingerprint density at radius 3 is 2.50 bits per heavy atom. The van der Waals surface area contributed by atoms with Crippen LogP contribution in [0.5, 0.6) is 0 Å². The first-order chi connectivity index (χ1) is 8.63. The highest BCUT2D eigenvalue weighted by Crippen LogP contribution is 2.24. The molecule has 0 bridgehead atoms. The molecule has 96 valence electrons. The van der Waals surface area contributed by atoms with Gasteiger partial charge in [-0.3, -0.25) is 4.68 Å². The molecule has 0 fully saturated rings. The van der Waals surface area contributed by atoms with Gasteiger partial charge < -0.3 is 9.84 Å². The summed E-state index contributed by atoms with van der Waals surface area (Å²) in [6, 6.07) is 7.78. The SMILES string of the molecule is COCc1ccc(C(O)c2c(C)cnn2C)cc1. The zero-order valence-electron chi connectivity index (χ0n) is 10.9.